The van der Waals surface area contributed by atoms with Crippen LogP contribution in [0.4, 0.5) is 26.5 Å². The number of carbonyl (C=O) groups is 1. The van der Waals surface area contributed by atoms with Crippen molar-refractivity contribution in [1.29, 1.82) is 5.26 Å². The maximum absolute atomic E-state index is 15.1. The molecule has 1 aromatic heterocycles. The Morgan fingerprint density at radius 2 is 1.91 bits per heavy atom. The molecule has 0 radical (unpaired) electrons. The van der Waals surface area contributed by atoms with Gasteiger partial charge >= 0.3 is 6.03 Å². The molecule has 2 aromatic carbocycles. The fourth-order valence-electron chi connectivity index (χ4n) is 6.52. The van der Waals surface area contributed by atoms with Crippen molar-refractivity contribution in [2.45, 2.75) is 44.0 Å². The second-order valence-electron chi connectivity index (χ2n) is 12.2. The number of nitriles is 1. The zero-order valence-corrected chi connectivity index (χ0v) is 25.4. The first kappa shape index (κ1) is 30.0. The van der Waals surface area contributed by atoms with Crippen LogP contribution in [-0.2, 0) is 4.74 Å². The van der Waals surface area contributed by atoms with Gasteiger partial charge < -0.3 is 25.0 Å². The number of aliphatic imine (C=N–C) groups is 1. The monoisotopic (exact) mass is 625 g/mol. The van der Waals surface area contributed by atoms with E-state index in [0.717, 1.165) is 57.2 Å². The SMILES string of the molecule is N#Cc1cc(-c2ncnc(Nc3ccc(N4CCN(C5COC5)CC4)cc3)n2)ccc1O[C@H]1CCC(CC2=NC(=O)NC2)C[C@H]1F. The smallest absolute Gasteiger partial charge is 0.341 e. The van der Waals surface area contributed by atoms with Crippen molar-refractivity contribution in [3.63, 3.8) is 0 Å². The standard InChI is InChI=1S/C33H36FN9O3/c34-28-14-21(13-25-17-36-33(44)40-25)1-7-30(28)46-29-8-2-22(15-23(29)16-35)31-37-20-38-32(41-31)39-24-3-5-26(6-4-24)42-9-11-43(12-10-42)27-18-45-19-27/h2-6,8,15,20-21,27-28,30H,1,7,9-14,17-19H2,(H,36,44)(H,37,38,39,41)/t21?,28-,30+/m1/s1. The first-order valence-electron chi connectivity index (χ1n) is 15.8. The highest BCUT2D eigenvalue weighted by atomic mass is 19.1. The molecular formula is C33H36FN9O3. The van der Waals surface area contributed by atoms with Crippen LogP contribution in [0.15, 0.2) is 53.8 Å². The van der Waals surface area contributed by atoms with Gasteiger partial charge in [-0.1, -0.05) is 0 Å². The minimum Gasteiger partial charge on any atom is -0.486 e. The molecular weight excluding hydrogens is 589 g/mol. The Kier molecular flexibility index (Phi) is 8.72. The normalized spacial score (nSPS) is 23.7. The molecule has 46 heavy (non-hydrogen) atoms. The number of hydrogen-bond donors (Lipinski definition) is 2. The summed E-state index contributed by atoms with van der Waals surface area (Å²) in [5.41, 5.74) is 3.71. The fourth-order valence-corrected chi connectivity index (χ4v) is 6.52. The van der Waals surface area contributed by atoms with Crippen LogP contribution in [0, 0.1) is 17.2 Å². The first-order valence-corrected chi connectivity index (χ1v) is 15.8. The van der Waals surface area contributed by atoms with Gasteiger partial charge in [0.25, 0.3) is 0 Å². The van der Waals surface area contributed by atoms with E-state index in [1.807, 2.05) is 12.1 Å². The Morgan fingerprint density at radius 1 is 1.09 bits per heavy atom. The van der Waals surface area contributed by atoms with Crippen LogP contribution in [0.2, 0.25) is 0 Å². The predicted molar refractivity (Wildman–Crippen MR) is 170 cm³/mol. The summed E-state index contributed by atoms with van der Waals surface area (Å²) in [4.78, 5) is 33.4. The van der Waals surface area contributed by atoms with Gasteiger partial charge in [0.15, 0.2) is 5.82 Å². The van der Waals surface area contributed by atoms with Gasteiger partial charge in [0.2, 0.25) is 5.95 Å². The molecule has 0 spiro atoms. The molecule has 238 valence electrons. The van der Waals surface area contributed by atoms with E-state index in [2.05, 4.69) is 58.6 Å². The minimum atomic E-state index is -1.18. The lowest BCUT2D eigenvalue weighted by Crippen LogP contribution is -2.56. The number of nitrogens with one attached hydrogen (secondary N) is 2. The van der Waals surface area contributed by atoms with Crippen LogP contribution in [-0.4, -0.2) is 95.8 Å². The number of rotatable bonds is 9. The predicted octanol–water partition coefficient (Wildman–Crippen LogP) is 4.11. The van der Waals surface area contributed by atoms with E-state index in [0.29, 0.717) is 54.9 Å². The van der Waals surface area contributed by atoms with Gasteiger partial charge in [-0.2, -0.15) is 10.2 Å². The summed E-state index contributed by atoms with van der Waals surface area (Å²) in [6, 6.07) is 15.7. The number of amides is 2. The lowest BCUT2D eigenvalue weighted by atomic mass is 9.83. The number of anilines is 3. The van der Waals surface area contributed by atoms with Crippen LogP contribution < -0.4 is 20.3 Å². The molecule has 1 unspecified atom stereocenters. The van der Waals surface area contributed by atoms with Gasteiger partial charge in [0.1, 0.15) is 30.4 Å². The number of benzene rings is 2. The summed E-state index contributed by atoms with van der Waals surface area (Å²) in [7, 11) is 0. The highest BCUT2D eigenvalue weighted by molar-refractivity contribution is 6.02. The van der Waals surface area contributed by atoms with Crippen molar-refractivity contribution < 1.29 is 18.7 Å². The average Bonchev–Trinajstić information content (AvgIpc) is 3.46. The Morgan fingerprint density at radius 3 is 2.61 bits per heavy atom. The lowest BCUT2D eigenvalue weighted by molar-refractivity contribution is -0.0660. The van der Waals surface area contributed by atoms with E-state index < -0.39 is 12.3 Å². The van der Waals surface area contributed by atoms with Gasteiger partial charge in [0.05, 0.1) is 31.4 Å². The van der Waals surface area contributed by atoms with Crippen molar-refractivity contribution in [2.75, 3.05) is 56.2 Å². The zero-order chi connectivity index (χ0) is 31.5. The van der Waals surface area contributed by atoms with Gasteiger partial charge in [-0.05, 0) is 74.1 Å². The maximum atomic E-state index is 15.1. The molecule has 4 aliphatic rings. The van der Waals surface area contributed by atoms with E-state index in [1.165, 1.54) is 12.0 Å². The lowest BCUT2D eigenvalue weighted by Gasteiger charge is -2.43. The number of ether oxygens (including phenoxy) is 2. The molecule has 4 heterocycles. The highest BCUT2D eigenvalue weighted by Crippen LogP contribution is 2.34. The summed E-state index contributed by atoms with van der Waals surface area (Å²) >= 11 is 0. The Hall–Kier alpha value is -4.67. The number of urea groups is 1. The summed E-state index contributed by atoms with van der Waals surface area (Å²) in [6.07, 6.45) is 1.81. The minimum absolute atomic E-state index is 0.109. The van der Waals surface area contributed by atoms with E-state index >= 15 is 4.39 Å². The molecule has 1 saturated carbocycles. The summed E-state index contributed by atoms with van der Waals surface area (Å²) < 4.78 is 26.5. The molecule has 2 N–H and O–H groups in total. The largest absolute Gasteiger partial charge is 0.486 e. The van der Waals surface area contributed by atoms with Crippen LogP contribution in [0.1, 0.15) is 31.2 Å². The highest BCUT2D eigenvalue weighted by Gasteiger charge is 2.34. The van der Waals surface area contributed by atoms with E-state index in [-0.39, 0.29) is 17.5 Å². The Bertz CT molecular complexity index is 1630. The van der Waals surface area contributed by atoms with Crippen molar-refractivity contribution in [3.05, 3.63) is 54.4 Å². The van der Waals surface area contributed by atoms with Gasteiger partial charge in [-0.25, -0.2) is 24.1 Å². The number of nitrogens with zero attached hydrogens (tertiary/aromatic N) is 7. The van der Waals surface area contributed by atoms with E-state index in [1.54, 1.807) is 18.2 Å². The Labute approximate surface area is 266 Å². The van der Waals surface area contributed by atoms with Crippen LogP contribution in [0.5, 0.6) is 5.75 Å². The number of alkyl halides is 1. The topological polar surface area (TPSA) is 141 Å². The molecule has 2 amide bonds. The van der Waals surface area contributed by atoms with Crippen molar-refractivity contribution in [3.8, 4) is 23.2 Å². The third-order valence-electron chi connectivity index (χ3n) is 9.20. The average molecular weight is 626 g/mol. The van der Waals surface area contributed by atoms with Crippen molar-refractivity contribution in [2.24, 2.45) is 10.9 Å². The number of halogens is 1. The molecule has 3 aliphatic heterocycles. The maximum Gasteiger partial charge on any atom is 0.341 e. The van der Waals surface area contributed by atoms with E-state index in [4.69, 9.17) is 9.47 Å². The van der Waals surface area contributed by atoms with Crippen LogP contribution in [0.25, 0.3) is 11.4 Å². The summed E-state index contributed by atoms with van der Waals surface area (Å²) in [5.74, 6) is 1.22. The fraction of sp³-hybridized carbons (Fsp3) is 0.455. The van der Waals surface area contributed by atoms with E-state index in [9.17, 15) is 10.1 Å². The van der Waals surface area contributed by atoms with Crippen molar-refractivity contribution >= 4 is 29.1 Å². The first-order chi connectivity index (χ1) is 22.5. The van der Waals surface area contributed by atoms with Crippen LogP contribution >= 0.6 is 0 Å². The zero-order valence-electron chi connectivity index (χ0n) is 25.4. The van der Waals surface area contributed by atoms with Crippen molar-refractivity contribution in [1.82, 2.24) is 25.2 Å². The Balaban J connectivity index is 0.955. The molecule has 13 heteroatoms. The van der Waals surface area contributed by atoms with Crippen LogP contribution in [0.3, 0.4) is 0 Å². The molecule has 3 aromatic rings. The number of piperazine rings is 1. The second kappa shape index (κ2) is 13.4. The molecule has 2 saturated heterocycles. The number of hydrogen-bond acceptors (Lipinski definition) is 10. The molecule has 3 fully saturated rings. The third kappa shape index (κ3) is 6.78. The summed E-state index contributed by atoms with van der Waals surface area (Å²) in [6.45, 7) is 6.20. The third-order valence-corrected chi connectivity index (χ3v) is 9.20. The van der Waals surface area contributed by atoms with Gasteiger partial charge in [0, 0.05) is 48.8 Å². The number of carbonyl (C=O) groups excluding carboxylic acids is 1. The van der Waals surface area contributed by atoms with Gasteiger partial charge in [-0.3, -0.25) is 4.90 Å². The number of aromatic nitrogens is 3. The second-order valence-corrected chi connectivity index (χ2v) is 12.2. The molecule has 3 atom stereocenters. The quantitative estimate of drug-likeness (QED) is 0.357. The molecule has 0 bridgehead atoms. The summed E-state index contributed by atoms with van der Waals surface area (Å²) in [5, 5.41) is 15.8. The van der Waals surface area contributed by atoms with Gasteiger partial charge in [-0.15, -0.1) is 0 Å². The molecule has 1 aliphatic carbocycles. The molecule has 7 rings (SSSR count). The molecule has 12 nitrogen and oxygen atoms in total.